The van der Waals surface area contributed by atoms with E-state index in [4.69, 9.17) is 0 Å². The normalized spacial score (nSPS) is 13.5. The second kappa shape index (κ2) is 5.42. The highest BCUT2D eigenvalue weighted by molar-refractivity contribution is 6.21. The third-order valence-corrected chi connectivity index (χ3v) is 4.06. The molecule has 1 aliphatic heterocycles. The van der Waals surface area contributed by atoms with Gasteiger partial charge >= 0.3 is 0 Å². The molecule has 0 fully saturated rings. The lowest BCUT2D eigenvalue weighted by Crippen LogP contribution is -2.29. The van der Waals surface area contributed by atoms with Gasteiger partial charge in [0.1, 0.15) is 5.82 Å². The molecule has 0 unspecified atom stereocenters. The summed E-state index contributed by atoms with van der Waals surface area (Å²) in [5.41, 5.74) is 2.85. The molecule has 1 aliphatic rings. The van der Waals surface area contributed by atoms with E-state index in [1.54, 1.807) is 42.6 Å². The summed E-state index contributed by atoms with van der Waals surface area (Å²) in [4.78, 5) is 26.1. The molecule has 4 rings (SSSR count). The maximum absolute atomic E-state index is 13.1. The highest BCUT2D eigenvalue weighted by Crippen LogP contribution is 2.27. The number of fused-ring (bicyclic) bond motifs is 1. The summed E-state index contributed by atoms with van der Waals surface area (Å²) in [6, 6.07) is 12.7. The summed E-state index contributed by atoms with van der Waals surface area (Å²) in [5, 5.41) is 6.89. The lowest BCUT2D eigenvalue weighted by molar-refractivity contribution is 0.0640. The number of carbonyl (C=O) groups excluding carboxylic acids is 2. The van der Waals surface area contributed by atoms with Gasteiger partial charge in [0.25, 0.3) is 11.8 Å². The summed E-state index contributed by atoms with van der Waals surface area (Å²) in [7, 11) is 0. The van der Waals surface area contributed by atoms with Gasteiger partial charge in [-0.15, -0.1) is 0 Å². The van der Waals surface area contributed by atoms with E-state index in [9.17, 15) is 14.0 Å². The van der Waals surface area contributed by atoms with E-state index in [-0.39, 0.29) is 24.2 Å². The van der Waals surface area contributed by atoms with Crippen molar-refractivity contribution >= 4 is 11.8 Å². The monoisotopic (exact) mass is 321 g/mol. The van der Waals surface area contributed by atoms with Crippen molar-refractivity contribution in [3.63, 3.8) is 0 Å². The zero-order valence-corrected chi connectivity index (χ0v) is 12.5. The number of carbonyl (C=O) groups is 2. The number of hydrogen-bond donors (Lipinski definition) is 1. The van der Waals surface area contributed by atoms with Gasteiger partial charge in [0.2, 0.25) is 0 Å². The van der Waals surface area contributed by atoms with Crippen molar-refractivity contribution in [2.24, 2.45) is 0 Å². The summed E-state index contributed by atoms with van der Waals surface area (Å²) in [6.45, 7) is 0.0581. The lowest BCUT2D eigenvalue weighted by Gasteiger charge is -2.13. The number of benzene rings is 2. The molecule has 2 aromatic carbocycles. The molecule has 0 atom stereocenters. The van der Waals surface area contributed by atoms with Crippen molar-refractivity contribution in [2.45, 2.75) is 6.54 Å². The van der Waals surface area contributed by atoms with Crippen LogP contribution in [0.1, 0.15) is 26.4 Å². The number of hydrogen-bond acceptors (Lipinski definition) is 3. The molecule has 2 heterocycles. The fraction of sp³-hybridized carbons (Fsp3) is 0.0556. The molecular weight excluding hydrogens is 309 g/mol. The molecule has 2 amide bonds. The van der Waals surface area contributed by atoms with Crippen LogP contribution in [0.4, 0.5) is 4.39 Å². The van der Waals surface area contributed by atoms with Crippen molar-refractivity contribution in [3.8, 4) is 11.1 Å². The summed E-state index contributed by atoms with van der Waals surface area (Å²) < 4.78 is 13.1. The number of imide groups is 1. The van der Waals surface area contributed by atoms with Crippen LogP contribution in [0.15, 0.2) is 54.7 Å². The van der Waals surface area contributed by atoms with Gasteiger partial charge in [-0.05, 0) is 29.8 Å². The number of halogens is 1. The van der Waals surface area contributed by atoms with Crippen LogP contribution >= 0.6 is 0 Å². The summed E-state index contributed by atoms with van der Waals surface area (Å²) >= 11 is 0. The number of nitrogens with zero attached hydrogens (tertiary/aromatic N) is 2. The minimum absolute atomic E-state index is 0.0581. The first kappa shape index (κ1) is 14.3. The Labute approximate surface area is 136 Å². The maximum atomic E-state index is 13.1. The minimum atomic E-state index is -0.330. The molecule has 1 aromatic heterocycles. The Kier molecular flexibility index (Phi) is 3.23. The van der Waals surface area contributed by atoms with Gasteiger partial charge in [0, 0.05) is 11.8 Å². The van der Waals surface area contributed by atoms with E-state index in [0.717, 1.165) is 11.1 Å². The van der Waals surface area contributed by atoms with Crippen LogP contribution < -0.4 is 0 Å². The number of aromatic nitrogens is 2. The standard InChI is InChI=1S/C18H12FN3O2/c19-12-7-5-11(6-8-12)15-9-20-21-16(15)10-22-17(23)13-3-1-2-4-14(13)18(22)24/h1-9H,10H2,(H,20,21). The van der Waals surface area contributed by atoms with Crippen molar-refractivity contribution in [2.75, 3.05) is 0 Å². The van der Waals surface area contributed by atoms with Gasteiger partial charge in [0.05, 0.1) is 23.4 Å². The van der Waals surface area contributed by atoms with Gasteiger partial charge in [-0.2, -0.15) is 5.10 Å². The number of rotatable bonds is 3. The van der Waals surface area contributed by atoms with E-state index in [2.05, 4.69) is 10.2 Å². The quantitative estimate of drug-likeness (QED) is 0.754. The molecule has 0 spiro atoms. The topological polar surface area (TPSA) is 66.1 Å². The molecule has 0 bridgehead atoms. The molecule has 24 heavy (non-hydrogen) atoms. The first-order chi connectivity index (χ1) is 11.6. The van der Waals surface area contributed by atoms with Crippen LogP contribution in [0, 0.1) is 5.82 Å². The van der Waals surface area contributed by atoms with E-state index >= 15 is 0 Å². The van der Waals surface area contributed by atoms with Crippen molar-refractivity contribution in [3.05, 3.63) is 77.4 Å². The minimum Gasteiger partial charge on any atom is -0.285 e. The predicted octanol–water partition coefficient (Wildman–Crippen LogP) is 3.01. The first-order valence-corrected chi connectivity index (χ1v) is 7.39. The van der Waals surface area contributed by atoms with Crippen molar-refractivity contribution in [1.82, 2.24) is 15.1 Å². The lowest BCUT2D eigenvalue weighted by atomic mass is 10.1. The molecule has 0 radical (unpaired) electrons. The van der Waals surface area contributed by atoms with Gasteiger partial charge in [0.15, 0.2) is 0 Å². The van der Waals surface area contributed by atoms with Crippen LogP contribution in [0.2, 0.25) is 0 Å². The van der Waals surface area contributed by atoms with E-state index < -0.39 is 0 Å². The molecule has 3 aromatic rings. The van der Waals surface area contributed by atoms with Crippen LogP contribution in [-0.4, -0.2) is 26.9 Å². The Bertz CT molecular complexity index is 912. The molecule has 118 valence electrons. The third-order valence-electron chi connectivity index (χ3n) is 4.06. The van der Waals surface area contributed by atoms with E-state index in [1.165, 1.54) is 17.0 Å². The highest BCUT2D eigenvalue weighted by atomic mass is 19.1. The summed E-state index contributed by atoms with van der Waals surface area (Å²) in [6.07, 6.45) is 1.67. The molecule has 5 nitrogen and oxygen atoms in total. The van der Waals surface area contributed by atoms with Gasteiger partial charge < -0.3 is 0 Å². The number of H-pyrrole nitrogens is 1. The predicted molar refractivity (Wildman–Crippen MR) is 84.6 cm³/mol. The molecule has 0 saturated heterocycles. The van der Waals surface area contributed by atoms with Crippen LogP contribution in [0.25, 0.3) is 11.1 Å². The van der Waals surface area contributed by atoms with Gasteiger partial charge in [-0.25, -0.2) is 4.39 Å². The Morgan fingerprint density at radius 2 is 1.54 bits per heavy atom. The van der Waals surface area contributed by atoms with Gasteiger partial charge in [-0.1, -0.05) is 24.3 Å². The number of amides is 2. The van der Waals surface area contributed by atoms with Crippen LogP contribution in [0.5, 0.6) is 0 Å². The average molecular weight is 321 g/mol. The molecule has 1 N–H and O–H groups in total. The number of aromatic amines is 1. The van der Waals surface area contributed by atoms with Crippen LogP contribution in [-0.2, 0) is 6.54 Å². The maximum Gasteiger partial charge on any atom is 0.261 e. The fourth-order valence-corrected chi connectivity index (χ4v) is 2.85. The third kappa shape index (κ3) is 2.20. The smallest absolute Gasteiger partial charge is 0.261 e. The number of nitrogens with one attached hydrogen (secondary N) is 1. The van der Waals surface area contributed by atoms with E-state index in [0.29, 0.717) is 16.8 Å². The first-order valence-electron chi connectivity index (χ1n) is 7.39. The average Bonchev–Trinajstić information content (AvgIpc) is 3.15. The zero-order valence-electron chi connectivity index (χ0n) is 12.5. The van der Waals surface area contributed by atoms with E-state index in [1.807, 2.05) is 0 Å². The molecule has 0 saturated carbocycles. The second-order valence-electron chi connectivity index (χ2n) is 5.49. The zero-order chi connectivity index (χ0) is 16.7. The fourth-order valence-electron chi connectivity index (χ4n) is 2.85. The van der Waals surface area contributed by atoms with Crippen molar-refractivity contribution < 1.29 is 14.0 Å². The van der Waals surface area contributed by atoms with Crippen LogP contribution in [0.3, 0.4) is 0 Å². The molecule has 6 heteroatoms. The highest BCUT2D eigenvalue weighted by Gasteiger charge is 2.35. The SMILES string of the molecule is O=C1c2ccccc2C(=O)N1Cc1n[nH]cc1-c1ccc(F)cc1. The van der Waals surface area contributed by atoms with Crippen molar-refractivity contribution in [1.29, 1.82) is 0 Å². The largest absolute Gasteiger partial charge is 0.285 e. The molecule has 0 aliphatic carbocycles. The Morgan fingerprint density at radius 1 is 0.917 bits per heavy atom. The Morgan fingerprint density at radius 3 is 2.17 bits per heavy atom. The Balaban J connectivity index is 1.66. The summed E-state index contributed by atoms with van der Waals surface area (Å²) in [5.74, 6) is -0.989. The van der Waals surface area contributed by atoms with Gasteiger partial charge in [-0.3, -0.25) is 19.6 Å². The second-order valence-corrected chi connectivity index (χ2v) is 5.49. The molecular formula is C18H12FN3O2. The Hall–Kier alpha value is -3.28.